The summed E-state index contributed by atoms with van der Waals surface area (Å²) in [6, 6.07) is 6.75. The Labute approximate surface area is 126 Å². The topological polar surface area (TPSA) is 64.6 Å². The summed E-state index contributed by atoms with van der Waals surface area (Å²) in [7, 11) is -3.44. The van der Waals surface area contributed by atoms with E-state index in [1.165, 1.54) is 0 Å². The van der Waals surface area contributed by atoms with Crippen molar-refractivity contribution >= 4 is 10.0 Å². The first-order chi connectivity index (χ1) is 9.97. The summed E-state index contributed by atoms with van der Waals surface area (Å²) in [6.07, 6.45) is 2.30. The van der Waals surface area contributed by atoms with Gasteiger partial charge in [0.1, 0.15) is 0 Å². The summed E-state index contributed by atoms with van der Waals surface area (Å²) in [5, 5.41) is 0. The fraction of sp³-hybridized carbons (Fsp3) is 0.600. The number of hydrogen-bond acceptors (Lipinski definition) is 4. The van der Waals surface area contributed by atoms with Crippen molar-refractivity contribution in [2.75, 3.05) is 13.2 Å². The lowest BCUT2D eigenvalue weighted by Crippen LogP contribution is -2.32. The van der Waals surface area contributed by atoms with Gasteiger partial charge in [-0.15, -0.1) is 0 Å². The Morgan fingerprint density at radius 1 is 1.24 bits per heavy atom. The monoisotopic (exact) mass is 313 g/mol. The van der Waals surface area contributed by atoms with Gasteiger partial charge in [0, 0.05) is 6.04 Å². The highest BCUT2D eigenvalue weighted by molar-refractivity contribution is 7.89. The molecule has 1 aromatic carbocycles. The van der Waals surface area contributed by atoms with Crippen molar-refractivity contribution in [3.05, 3.63) is 29.8 Å². The molecule has 118 valence electrons. The van der Waals surface area contributed by atoms with E-state index in [0.717, 1.165) is 24.8 Å². The van der Waals surface area contributed by atoms with Crippen LogP contribution in [0.25, 0.3) is 0 Å². The number of ether oxygens (including phenoxy) is 2. The highest BCUT2D eigenvalue weighted by atomic mass is 32.2. The SMILES string of the molecule is Cc1ccc(S(=O)(=O)N[C@@H](C)CCCC2OCCO2)cc1. The summed E-state index contributed by atoms with van der Waals surface area (Å²) in [4.78, 5) is 0.308. The minimum absolute atomic E-state index is 0.113. The van der Waals surface area contributed by atoms with E-state index in [0.29, 0.717) is 18.1 Å². The van der Waals surface area contributed by atoms with Gasteiger partial charge in [-0.05, 0) is 45.2 Å². The first-order valence-corrected chi connectivity index (χ1v) is 8.78. The number of nitrogens with one attached hydrogen (secondary N) is 1. The molecule has 1 aromatic rings. The summed E-state index contributed by atoms with van der Waals surface area (Å²) < 4.78 is 37.8. The maximum absolute atomic E-state index is 12.2. The van der Waals surface area contributed by atoms with Crippen molar-refractivity contribution in [3.63, 3.8) is 0 Å². The zero-order chi connectivity index (χ0) is 15.3. The van der Waals surface area contributed by atoms with Gasteiger partial charge in [-0.3, -0.25) is 0 Å². The first-order valence-electron chi connectivity index (χ1n) is 7.29. The normalized spacial score (nSPS) is 18.0. The third-order valence-corrected chi connectivity index (χ3v) is 5.06. The summed E-state index contributed by atoms with van der Waals surface area (Å²) in [5.41, 5.74) is 1.04. The molecule has 0 amide bonds. The Morgan fingerprint density at radius 2 is 1.86 bits per heavy atom. The van der Waals surface area contributed by atoms with E-state index in [1.807, 2.05) is 13.8 Å². The molecular formula is C15H23NO4S. The second kappa shape index (κ2) is 7.35. The molecule has 0 bridgehead atoms. The van der Waals surface area contributed by atoms with Gasteiger partial charge < -0.3 is 9.47 Å². The number of benzene rings is 1. The average molecular weight is 313 g/mol. The van der Waals surface area contributed by atoms with Crippen LogP contribution >= 0.6 is 0 Å². The number of sulfonamides is 1. The fourth-order valence-electron chi connectivity index (χ4n) is 2.27. The molecule has 1 fully saturated rings. The zero-order valence-electron chi connectivity index (χ0n) is 12.5. The summed E-state index contributed by atoms with van der Waals surface area (Å²) in [5.74, 6) is 0. The van der Waals surface area contributed by atoms with E-state index in [4.69, 9.17) is 9.47 Å². The van der Waals surface area contributed by atoms with Crippen LogP contribution in [0, 0.1) is 6.92 Å². The van der Waals surface area contributed by atoms with Gasteiger partial charge in [0.2, 0.25) is 10.0 Å². The molecule has 5 nitrogen and oxygen atoms in total. The van der Waals surface area contributed by atoms with Crippen LogP contribution in [-0.2, 0) is 19.5 Å². The van der Waals surface area contributed by atoms with Crippen LogP contribution in [0.2, 0.25) is 0 Å². The summed E-state index contributed by atoms with van der Waals surface area (Å²) >= 11 is 0. The molecule has 1 heterocycles. The average Bonchev–Trinajstić information content (AvgIpc) is 2.92. The first kappa shape index (κ1) is 16.4. The highest BCUT2D eigenvalue weighted by Crippen LogP contribution is 2.15. The van der Waals surface area contributed by atoms with Crippen molar-refractivity contribution in [3.8, 4) is 0 Å². The van der Waals surface area contributed by atoms with Crippen molar-refractivity contribution in [1.29, 1.82) is 0 Å². The molecule has 0 saturated carbocycles. The standard InChI is InChI=1S/C15H23NO4S/c1-12-6-8-14(9-7-12)21(17,18)16-13(2)4-3-5-15-19-10-11-20-15/h6-9,13,15-16H,3-5,10-11H2,1-2H3/t13-/m0/s1. The van der Waals surface area contributed by atoms with Crippen molar-refractivity contribution in [1.82, 2.24) is 4.72 Å². The molecule has 1 aliphatic heterocycles. The molecule has 0 spiro atoms. The molecule has 0 aromatic heterocycles. The molecule has 0 aliphatic carbocycles. The molecule has 0 radical (unpaired) electrons. The maximum atomic E-state index is 12.2. The van der Waals surface area contributed by atoms with Crippen molar-refractivity contribution < 1.29 is 17.9 Å². The van der Waals surface area contributed by atoms with Crippen LogP contribution in [0.4, 0.5) is 0 Å². The van der Waals surface area contributed by atoms with Gasteiger partial charge in [0.25, 0.3) is 0 Å². The van der Waals surface area contributed by atoms with Gasteiger partial charge in [-0.1, -0.05) is 17.7 Å². The van der Waals surface area contributed by atoms with Crippen LogP contribution in [0.3, 0.4) is 0 Å². The van der Waals surface area contributed by atoms with Crippen LogP contribution in [0.15, 0.2) is 29.2 Å². The van der Waals surface area contributed by atoms with Gasteiger partial charge in [-0.2, -0.15) is 0 Å². The van der Waals surface area contributed by atoms with Crippen LogP contribution in [0.1, 0.15) is 31.7 Å². The van der Waals surface area contributed by atoms with E-state index in [2.05, 4.69) is 4.72 Å². The summed E-state index contributed by atoms with van der Waals surface area (Å²) in [6.45, 7) is 5.11. The smallest absolute Gasteiger partial charge is 0.240 e. The Bertz CT molecular complexity index is 535. The molecule has 6 heteroatoms. The predicted octanol–water partition coefficient (Wildman–Crippen LogP) is 2.21. The lowest BCUT2D eigenvalue weighted by Gasteiger charge is -2.15. The minimum atomic E-state index is -3.44. The van der Waals surface area contributed by atoms with E-state index >= 15 is 0 Å². The second-order valence-electron chi connectivity index (χ2n) is 5.44. The number of aryl methyl sites for hydroxylation is 1. The van der Waals surface area contributed by atoms with Gasteiger partial charge >= 0.3 is 0 Å². The fourth-order valence-corrected chi connectivity index (χ4v) is 3.55. The lowest BCUT2D eigenvalue weighted by molar-refractivity contribution is -0.0481. The molecular weight excluding hydrogens is 290 g/mol. The number of rotatable bonds is 7. The van der Waals surface area contributed by atoms with Crippen molar-refractivity contribution in [2.45, 2.75) is 50.3 Å². The number of hydrogen-bond donors (Lipinski definition) is 1. The van der Waals surface area contributed by atoms with E-state index in [9.17, 15) is 8.42 Å². The molecule has 2 rings (SSSR count). The second-order valence-corrected chi connectivity index (χ2v) is 7.15. The quantitative estimate of drug-likeness (QED) is 0.838. The largest absolute Gasteiger partial charge is 0.350 e. The van der Waals surface area contributed by atoms with Crippen LogP contribution in [0.5, 0.6) is 0 Å². The van der Waals surface area contributed by atoms with Crippen molar-refractivity contribution in [2.24, 2.45) is 0 Å². The predicted molar refractivity (Wildman–Crippen MR) is 80.5 cm³/mol. The Morgan fingerprint density at radius 3 is 2.48 bits per heavy atom. The van der Waals surface area contributed by atoms with E-state index < -0.39 is 10.0 Å². The Kier molecular flexibility index (Phi) is 5.75. The van der Waals surface area contributed by atoms with Crippen LogP contribution in [-0.4, -0.2) is 34.0 Å². The molecule has 21 heavy (non-hydrogen) atoms. The maximum Gasteiger partial charge on any atom is 0.240 e. The van der Waals surface area contributed by atoms with Crippen LogP contribution < -0.4 is 4.72 Å². The highest BCUT2D eigenvalue weighted by Gasteiger charge is 2.19. The molecule has 1 N–H and O–H groups in total. The molecule has 1 aliphatic rings. The molecule has 1 saturated heterocycles. The minimum Gasteiger partial charge on any atom is -0.350 e. The van der Waals surface area contributed by atoms with Gasteiger partial charge in [-0.25, -0.2) is 13.1 Å². The van der Waals surface area contributed by atoms with E-state index in [-0.39, 0.29) is 12.3 Å². The third kappa shape index (κ3) is 5.07. The van der Waals surface area contributed by atoms with Gasteiger partial charge in [0.05, 0.1) is 18.1 Å². The Hall–Kier alpha value is -0.950. The zero-order valence-corrected chi connectivity index (χ0v) is 13.4. The van der Waals surface area contributed by atoms with E-state index in [1.54, 1.807) is 24.3 Å². The Balaban J connectivity index is 1.80. The molecule has 1 atom stereocenters. The third-order valence-electron chi connectivity index (χ3n) is 3.46. The lowest BCUT2D eigenvalue weighted by atomic mass is 10.1. The molecule has 0 unspecified atom stereocenters. The van der Waals surface area contributed by atoms with Gasteiger partial charge in [0.15, 0.2) is 6.29 Å².